The summed E-state index contributed by atoms with van der Waals surface area (Å²) in [5.74, 6) is -0.836. The average Bonchev–Trinajstić information content (AvgIpc) is 3.15. The number of benzene rings is 2. The van der Waals surface area contributed by atoms with Crippen LogP contribution in [0.25, 0.3) is 0 Å². The Kier molecular flexibility index (Phi) is 4.77. The smallest absolute Gasteiger partial charge is 0.262 e. The van der Waals surface area contributed by atoms with Crippen LogP contribution in [0, 0.1) is 10.8 Å². The summed E-state index contributed by atoms with van der Waals surface area (Å²) in [6.07, 6.45) is 3.35. The lowest BCUT2D eigenvalue weighted by atomic mass is 9.65. The number of carbonyl (C=O) groups is 3. The van der Waals surface area contributed by atoms with Crippen molar-refractivity contribution in [1.82, 2.24) is 9.80 Å². The van der Waals surface area contributed by atoms with E-state index in [2.05, 4.69) is 20.8 Å². The molecule has 0 radical (unpaired) electrons. The molecular formula is C27H30N2O3. The molecule has 1 saturated heterocycles. The maximum Gasteiger partial charge on any atom is 0.262 e. The number of amides is 3. The standard InChI is InChI=1S/C27H30N2O3/c1-26(2)14-19-15-27(3,16-26)17-28(19)25(32)22(13-18-9-5-4-6-10-18)29-23(30)20-11-7-8-12-21(20)24(29)31/h4-12,19,22H,13-17H2,1-3H3/t19-,22+,27-/m1/s1. The van der Waals surface area contributed by atoms with Crippen LogP contribution in [0.2, 0.25) is 0 Å². The van der Waals surface area contributed by atoms with Crippen molar-refractivity contribution in [2.75, 3.05) is 6.54 Å². The number of imide groups is 1. The van der Waals surface area contributed by atoms with Crippen molar-refractivity contribution in [1.29, 1.82) is 0 Å². The summed E-state index contributed by atoms with van der Waals surface area (Å²) in [7, 11) is 0. The summed E-state index contributed by atoms with van der Waals surface area (Å²) in [6, 6.07) is 15.9. The van der Waals surface area contributed by atoms with E-state index in [9.17, 15) is 14.4 Å². The Morgan fingerprint density at radius 1 is 0.938 bits per heavy atom. The van der Waals surface area contributed by atoms with Gasteiger partial charge in [0.15, 0.2) is 0 Å². The van der Waals surface area contributed by atoms with Gasteiger partial charge in [-0.1, -0.05) is 63.2 Å². The van der Waals surface area contributed by atoms with Gasteiger partial charge in [-0.25, -0.2) is 0 Å². The predicted molar refractivity (Wildman–Crippen MR) is 122 cm³/mol. The quantitative estimate of drug-likeness (QED) is 0.679. The molecule has 2 bridgehead atoms. The molecule has 5 heteroatoms. The Morgan fingerprint density at radius 2 is 1.53 bits per heavy atom. The molecular weight excluding hydrogens is 400 g/mol. The van der Waals surface area contributed by atoms with E-state index in [1.165, 1.54) is 4.90 Å². The van der Waals surface area contributed by atoms with Gasteiger partial charge < -0.3 is 4.90 Å². The van der Waals surface area contributed by atoms with E-state index in [1.54, 1.807) is 24.3 Å². The Balaban J connectivity index is 1.51. The van der Waals surface area contributed by atoms with Gasteiger partial charge in [-0.3, -0.25) is 19.3 Å². The molecule has 5 rings (SSSR count). The van der Waals surface area contributed by atoms with Gasteiger partial charge in [-0.2, -0.15) is 0 Å². The highest BCUT2D eigenvalue weighted by Gasteiger charge is 2.53. The van der Waals surface area contributed by atoms with Crippen molar-refractivity contribution < 1.29 is 14.4 Å². The van der Waals surface area contributed by atoms with Crippen molar-refractivity contribution in [2.24, 2.45) is 10.8 Å². The maximum absolute atomic E-state index is 14.1. The van der Waals surface area contributed by atoms with Gasteiger partial charge in [0.2, 0.25) is 5.91 Å². The number of carbonyl (C=O) groups excluding carboxylic acids is 3. The van der Waals surface area contributed by atoms with Crippen LogP contribution in [0.15, 0.2) is 54.6 Å². The van der Waals surface area contributed by atoms with Gasteiger partial charge in [0.1, 0.15) is 6.04 Å². The van der Waals surface area contributed by atoms with Crippen LogP contribution in [0.3, 0.4) is 0 Å². The first-order valence-corrected chi connectivity index (χ1v) is 11.5. The molecule has 0 aromatic heterocycles. The van der Waals surface area contributed by atoms with Crippen molar-refractivity contribution in [3.8, 4) is 0 Å². The third kappa shape index (κ3) is 3.44. The van der Waals surface area contributed by atoms with E-state index in [0.717, 1.165) is 24.8 Å². The second-order valence-electron chi connectivity index (χ2n) is 10.9. The molecule has 2 aromatic rings. The molecule has 2 aliphatic heterocycles. The molecule has 0 spiro atoms. The monoisotopic (exact) mass is 430 g/mol. The zero-order chi connectivity index (χ0) is 22.7. The lowest BCUT2D eigenvalue weighted by Gasteiger charge is -2.39. The summed E-state index contributed by atoms with van der Waals surface area (Å²) in [5, 5.41) is 0. The highest BCUT2D eigenvalue weighted by Crippen LogP contribution is 2.52. The second-order valence-corrected chi connectivity index (χ2v) is 10.9. The van der Waals surface area contributed by atoms with E-state index >= 15 is 0 Å². The van der Waals surface area contributed by atoms with Gasteiger partial charge >= 0.3 is 0 Å². The van der Waals surface area contributed by atoms with Gasteiger partial charge in [-0.05, 0) is 47.8 Å². The van der Waals surface area contributed by atoms with Crippen molar-refractivity contribution in [3.63, 3.8) is 0 Å². The summed E-state index contributed by atoms with van der Waals surface area (Å²) in [4.78, 5) is 43.8. The van der Waals surface area contributed by atoms with Crippen LogP contribution in [0.5, 0.6) is 0 Å². The predicted octanol–water partition coefficient (Wildman–Crippen LogP) is 4.32. The third-order valence-corrected chi connectivity index (χ3v) is 7.39. The number of hydrogen-bond acceptors (Lipinski definition) is 3. The Bertz CT molecular complexity index is 1060. The largest absolute Gasteiger partial charge is 0.337 e. The normalized spacial score (nSPS) is 26.9. The first kappa shape index (κ1) is 20.9. The number of nitrogens with zero attached hydrogens (tertiary/aromatic N) is 2. The molecule has 2 heterocycles. The van der Waals surface area contributed by atoms with E-state index < -0.39 is 6.04 Å². The van der Waals surface area contributed by atoms with Crippen LogP contribution < -0.4 is 0 Å². The number of hydrogen-bond donors (Lipinski definition) is 0. The molecule has 1 aliphatic carbocycles. The molecule has 3 amide bonds. The minimum atomic E-state index is -0.837. The minimum absolute atomic E-state index is 0.0847. The van der Waals surface area contributed by atoms with Crippen molar-refractivity contribution in [3.05, 3.63) is 71.3 Å². The Labute approximate surface area is 189 Å². The first-order chi connectivity index (χ1) is 15.2. The topological polar surface area (TPSA) is 57.7 Å². The van der Waals surface area contributed by atoms with Crippen molar-refractivity contribution >= 4 is 17.7 Å². The van der Waals surface area contributed by atoms with E-state index in [0.29, 0.717) is 24.1 Å². The van der Waals surface area contributed by atoms with Crippen LogP contribution in [0.1, 0.15) is 66.3 Å². The summed E-state index contributed by atoms with van der Waals surface area (Å²) in [6.45, 7) is 7.50. The minimum Gasteiger partial charge on any atom is -0.337 e. The van der Waals surface area contributed by atoms with E-state index in [4.69, 9.17) is 0 Å². The zero-order valence-corrected chi connectivity index (χ0v) is 19.0. The molecule has 5 nitrogen and oxygen atoms in total. The molecule has 3 atom stereocenters. The molecule has 1 saturated carbocycles. The molecule has 3 aliphatic rings. The molecule has 166 valence electrons. The molecule has 0 unspecified atom stereocenters. The second kappa shape index (κ2) is 7.29. The fraction of sp³-hybridized carbons (Fsp3) is 0.444. The molecule has 2 fully saturated rings. The zero-order valence-electron chi connectivity index (χ0n) is 19.0. The summed E-state index contributed by atoms with van der Waals surface area (Å²) in [5.41, 5.74) is 1.97. The fourth-order valence-electron chi connectivity index (χ4n) is 6.53. The van der Waals surface area contributed by atoms with Gasteiger partial charge in [0.05, 0.1) is 11.1 Å². The highest BCUT2D eigenvalue weighted by atomic mass is 16.2. The third-order valence-electron chi connectivity index (χ3n) is 7.39. The number of rotatable bonds is 4. The Hall–Kier alpha value is -2.95. The van der Waals surface area contributed by atoms with Gasteiger partial charge in [-0.15, -0.1) is 0 Å². The Morgan fingerprint density at radius 3 is 2.16 bits per heavy atom. The summed E-state index contributed by atoms with van der Waals surface area (Å²) >= 11 is 0. The average molecular weight is 431 g/mol. The fourth-order valence-corrected chi connectivity index (χ4v) is 6.53. The van der Waals surface area contributed by atoms with Crippen LogP contribution >= 0.6 is 0 Å². The van der Waals surface area contributed by atoms with Crippen LogP contribution in [0.4, 0.5) is 0 Å². The van der Waals surface area contributed by atoms with Crippen molar-refractivity contribution in [2.45, 2.75) is 58.5 Å². The van der Waals surface area contributed by atoms with Crippen LogP contribution in [-0.4, -0.2) is 46.1 Å². The number of fused-ring (bicyclic) bond motifs is 3. The molecule has 2 aromatic carbocycles. The SMILES string of the molecule is CC1(C)C[C@@H]2C[C@@](C)(CN2C(=O)[C@H](Cc2ccccc2)N2C(=O)c3ccccc3C2=O)C1. The lowest BCUT2D eigenvalue weighted by molar-refractivity contribution is -0.136. The first-order valence-electron chi connectivity index (χ1n) is 11.5. The van der Waals surface area contributed by atoms with E-state index in [-0.39, 0.29) is 34.6 Å². The number of likely N-dealkylation sites (tertiary alicyclic amines) is 1. The molecule has 32 heavy (non-hydrogen) atoms. The van der Waals surface area contributed by atoms with E-state index in [1.807, 2.05) is 35.2 Å². The van der Waals surface area contributed by atoms with Gasteiger partial charge in [0, 0.05) is 19.0 Å². The lowest BCUT2D eigenvalue weighted by Crippen LogP contribution is -2.53. The summed E-state index contributed by atoms with van der Waals surface area (Å²) < 4.78 is 0. The van der Waals surface area contributed by atoms with Gasteiger partial charge in [0.25, 0.3) is 11.8 Å². The maximum atomic E-state index is 14.1. The highest BCUT2D eigenvalue weighted by molar-refractivity contribution is 6.22. The van der Waals surface area contributed by atoms with Crippen LogP contribution in [-0.2, 0) is 11.2 Å². The molecule has 0 N–H and O–H groups in total.